The zero-order chi connectivity index (χ0) is 25.8. The number of hydrogen-bond acceptors (Lipinski definition) is 8. The number of benzene rings is 1. The lowest BCUT2D eigenvalue weighted by atomic mass is 10.2. The largest absolute Gasteiger partial charge is 0.332 e. The van der Waals surface area contributed by atoms with Crippen molar-refractivity contribution in [1.82, 2.24) is 33.8 Å². The number of halogens is 1. The molecule has 1 saturated carbocycles. The topological polar surface area (TPSA) is 134 Å². The van der Waals surface area contributed by atoms with Gasteiger partial charge in [-0.2, -0.15) is 5.10 Å². The number of aryl methyl sites for hydroxylation is 3. The summed E-state index contributed by atoms with van der Waals surface area (Å²) in [5.41, 5.74) is -0.529. The van der Waals surface area contributed by atoms with Crippen LogP contribution in [0, 0.1) is 13.8 Å². The number of aromatic nitrogens is 6. The molecule has 190 valence electrons. The molecule has 1 aliphatic carbocycles. The Balaban J connectivity index is 1.69. The molecule has 1 aliphatic rings. The highest BCUT2D eigenvalue weighted by molar-refractivity contribution is 7.89. The third-order valence-electron chi connectivity index (χ3n) is 6.25. The SMILES string of the molecule is Cc1cc(Cn2c(=O)n(Cc3nnc(C)s3)c(=O)c3cc(S(=O)(=O)NC4(CF)CC4)ccc32)n(C)n1. The summed E-state index contributed by atoms with van der Waals surface area (Å²) in [5.74, 6) is 0. The maximum Gasteiger partial charge on any atom is 0.332 e. The van der Waals surface area contributed by atoms with E-state index in [-0.39, 0.29) is 28.9 Å². The molecule has 0 amide bonds. The molecule has 36 heavy (non-hydrogen) atoms. The lowest BCUT2D eigenvalue weighted by Crippen LogP contribution is -2.41. The second kappa shape index (κ2) is 8.71. The molecule has 1 aromatic carbocycles. The molecule has 0 unspecified atom stereocenters. The Hall–Kier alpha value is -3.23. The van der Waals surface area contributed by atoms with Crippen molar-refractivity contribution in [3.05, 3.63) is 66.5 Å². The average Bonchev–Trinajstić information content (AvgIpc) is 3.35. The Labute approximate surface area is 209 Å². The highest BCUT2D eigenvalue weighted by atomic mass is 32.2. The minimum absolute atomic E-state index is 0.0442. The van der Waals surface area contributed by atoms with E-state index in [9.17, 15) is 22.4 Å². The zero-order valence-corrected chi connectivity index (χ0v) is 21.5. The minimum atomic E-state index is -4.09. The number of nitrogens with one attached hydrogen (secondary N) is 1. The van der Waals surface area contributed by atoms with Crippen molar-refractivity contribution in [2.24, 2.45) is 7.05 Å². The average molecular weight is 534 g/mol. The van der Waals surface area contributed by atoms with Gasteiger partial charge in [0.2, 0.25) is 10.0 Å². The molecule has 0 radical (unpaired) electrons. The van der Waals surface area contributed by atoms with Gasteiger partial charge in [-0.15, -0.1) is 10.2 Å². The van der Waals surface area contributed by atoms with Gasteiger partial charge in [-0.25, -0.2) is 22.3 Å². The van der Waals surface area contributed by atoms with Crippen LogP contribution in [0.5, 0.6) is 0 Å². The van der Waals surface area contributed by atoms with Gasteiger partial charge in [0.1, 0.15) is 16.7 Å². The summed E-state index contributed by atoms with van der Waals surface area (Å²) >= 11 is 1.26. The molecule has 1 fully saturated rings. The summed E-state index contributed by atoms with van der Waals surface area (Å²) in [6.45, 7) is 2.79. The van der Waals surface area contributed by atoms with Crippen LogP contribution in [-0.4, -0.2) is 49.7 Å². The van der Waals surface area contributed by atoms with Crippen LogP contribution in [0.4, 0.5) is 4.39 Å². The van der Waals surface area contributed by atoms with Gasteiger partial charge < -0.3 is 0 Å². The first-order valence-corrected chi connectivity index (χ1v) is 13.5. The fourth-order valence-corrected chi connectivity index (χ4v) is 6.30. The third kappa shape index (κ3) is 4.40. The van der Waals surface area contributed by atoms with Gasteiger partial charge in [0.05, 0.1) is 45.8 Å². The Bertz CT molecular complexity index is 1710. The fraction of sp³-hybridized carbons (Fsp3) is 0.409. The van der Waals surface area contributed by atoms with E-state index in [1.807, 2.05) is 13.0 Å². The van der Waals surface area contributed by atoms with Crippen LogP contribution in [0.2, 0.25) is 0 Å². The summed E-state index contributed by atoms with van der Waals surface area (Å²) < 4.78 is 45.8. The van der Waals surface area contributed by atoms with Gasteiger partial charge in [0.15, 0.2) is 0 Å². The highest BCUT2D eigenvalue weighted by Gasteiger charge is 2.46. The molecule has 5 rings (SSSR count). The number of fused-ring (bicyclic) bond motifs is 1. The number of rotatable bonds is 8. The Kier molecular flexibility index (Phi) is 5.92. The van der Waals surface area contributed by atoms with Crippen molar-refractivity contribution in [2.75, 3.05) is 6.67 Å². The van der Waals surface area contributed by atoms with Gasteiger partial charge in [-0.05, 0) is 51.0 Å². The van der Waals surface area contributed by atoms with Gasteiger partial charge in [-0.3, -0.25) is 18.6 Å². The lowest BCUT2D eigenvalue weighted by Gasteiger charge is -2.16. The molecule has 3 aromatic heterocycles. The van der Waals surface area contributed by atoms with Crippen LogP contribution in [-0.2, 0) is 30.2 Å². The van der Waals surface area contributed by atoms with E-state index < -0.39 is 33.5 Å². The molecule has 3 heterocycles. The predicted molar refractivity (Wildman–Crippen MR) is 132 cm³/mol. The Morgan fingerprint density at radius 1 is 1.11 bits per heavy atom. The summed E-state index contributed by atoms with van der Waals surface area (Å²) in [5, 5.41) is 13.5. The normalized spacial score (nSPS) is 15.0. The van der Waals surface area contributed by atoms with Crippen LogP contribution < -0.4 is 16.0 Å². The molecular formula is C22H24FN7O4S2. The molecule has 11 nitrogen and oxygen atoms in total. The third-order valence-corrected chi connectivity index (χ3v) is 8.65. The quantitative estimate of drug-likeness (QED) is 0.360. The maximum atomic E-state index is 13.5. The molecule has 0 atom stereocenters. The van der Waals surface area contributed by atoms with Crippen LogP contribution in [0.25, 0.3) is 10.9 Å². The van der Waals surface area contributed by atoms with E-state index in [1.54, 1.807) is 18.7 Å². The van der Waals surface area contributed by atoms with Crippen LogP contribution in [0.3, 0.4) is 0 Å². The van der Waals surface area contributed by atoms with E-state index in [1.165, 1.54) is 34.1 Å². The first kappa shape index (κ1) is 24.5. The maximum absolute atomic E-state index is 13.5. The van der Waals surface area contributed by atoms with Gasteiger partial charge in [-0.1, -0.05) is 11.3 Å². The molecule has 0 spiro atoms. The summed E-state index contributed by atoms with van der Waals surface area (Å²) in [6.07, 6.45) is 0.822. The van der Waals surface area contributed by atoms with Crippen molar-refractivity contribution >= 4 is 32.3 Å². The predicted octanol–water partition coefficient (Wildman–Crippen LogP) is 1.24. The number of alkyl halides is 1. The smallest absolute Gasteiger partial charge is 0.287 e. The van der Waals surface area contributed by atoms with E-state index >= 15 is 0 Å². The summed E-state index contributed by atoms with van der Waals surface area (Å²) in [4.78, 5) is 26.8. The monoisotopic (exact) mass is 533 g/mol. The number of hydrogen-bond donors (Lipinski definition) is 1. The van der Waals surface area contributed by atoms with Gasteiger partial charge in [0.25, 0.3) is 5.56 Å². The number of sulfonamides is 1. The fourth-order valence-electron chi connectivity index (χ4n) is 4.13. The first-order valence-electron chi connectivity index (χ1n) is 11.2. The van der Waals surface area contributed by atoms with E-state index in [2.05, 4.69) is 20.0 Å². The zero-order valence-electron chi connectivity index (χ0n) is 19.9. The second-order valence-electron chi connectivity index (χ2n) is 9.07. The second-order valence-corrected chi connectivity index (χ2v) is 12.0. The van der Waals surface area contributed by atoms with Crippen molar-refractivity contribution in [3.8, 4) is 0 Å². The van der Waals surface area contributed by atoms with Crippen molar-refractivity contribution < 1.29 is 12.8 Å². The van der Waals surface area contributed by atoms with Crippen LogP contribution in [0.15, 0.2) is 38.8 Å². The molecule has 4 aromatic rings. The highest BCUT2D eigenvalue weighted by Crippen LogP contribution is 2.37. The molecule has 0 aliphatic heterocycles. The van der Waals surface area contributed by atoms with Crippen LogP contribution >= 0.6 is 11.3 Å². The van der Waals surface area contributed by atoms with E-state index in [4.69, 9.17) is 0 Å². The Morgan fingerprint density at radius 2 is 1.86 bits per heavy atom. The first-order chi connectivity index (χ1) is 17.0. The molecular weight excluding hydrogens is 509 g/mol. The number of nitrogens with zero attached hydrogens (tertiary/aromatic N) is 6. The van der Waals surface area contributed by atoms with Crippen molar-refractivity contribution in [2.45, 2.75) is 50.2 Å². The van der Waals surface area contributed by atoms with Gasteiger partial charge in [0, 0.05) is 7.05 Å². The van der Waals surface area contributed by atoms with E-state index in [0.29, 0.717) is 22.9 Å². The molecule has 14 heteroatoms. The standard InChI is InChI=1S/C22H24FN7O4S2/c1-13-8-15(28(3)26-13)10-29-18-5-4-16(36(33,34)27-22(12-23)6-7-22)9-17(18)20(31)30(21(29)32)11-19-25-24-14(2)35-19/h4-5,8-9,27H,6-7,10-12H2,1-3H3. The summed E-state index contributed by atoms with van der Waals surface area (Å²) in [6, 6.07) is 5.82. The van der Waals surface area contributed by atoms with Crippen LogP contribution in [0.1, 0.15) is 34.2 Å². The van der Waals surface area contributed by atoms with Crippen molar-refractivity contribution in [1.29, 1.82) is 0 Å². The molecule has 0 bridgehead atoms. The molecule has 0 saturated heterocycles. The Morgan fingerprint density at radius 3 is 2.44 bits per heavy atom. The molecule has 1 N–H and O–H groups in total. The van der Waals surface area contributed by atoms with E-state index in [0.717, 1.165) is 16.0 Å². The van der Waals surface area contributed by atoms with Gasteiger partial charge >= 0.3 is 5.69 Å². The van der Waals surface area contributed by atoms with Crippen molar-refractivity contribution in [3.63, 3.8) is 0 Å². The minimum Gasteiger partial charge on any atom is -0.287 e. The summed E-state index contributed by atoms with van der Waals surface area (Å²) in [7, 11) is -2.33. The lowest BCUT2D eigenvalue weighted by molar-refractivity contribution is 0.393.